The number of rotatable bonds is 5. The number of hydrogen-bond acceptors (Lipinski definition) is 5. The van der Waals surface area contributed by atoms with Gasteiger partial charge in [0.1, 0.15) is 6.26 Å². The summed E-state index contributed by atoms with van der Waals surface area (Å²) in [6, 6.07) is 11.6. The van der Waals surface area contributed by atoms with Gasteiger partial charge in [-0.05, 0) is 18.1 Å². The number of carbonyl (C=O) groups excluding carboxylic acids is 2. The van der Waals surface area contributed by atoms with Crippen LogP contribution in [0.2, 0.25) is 0 Å². The average molecular weight is 381 g/mol. The summed E-state index contributed by atoms with van der Waals surface area (Å²) in [7, 11) is 0. The Kier molecular flexibility index (Phi) is 5.02. The van der Waals surface area contributed by atoms with Gasteiger partial charge in [-0.15, -0.1) is 0 Å². The van der Waals surface area contributed by atoms with Crippen LogP contribution in [0.1, 0.15) is 32.9 Å². The lowest BCUT2D eigenvalue weighted by Crippen LogP contribution is -2.35. The molecule has 3 aromatic rings. The number of amides is 2. The first-order chi connectivity index (χ1) is 13.2. The molecule has 1 aliphatic heterocycles. The fourth-order valence-corrected chi connectivity index (χ4v) is 4.10. The predicted octanol–water partition coefficient (Wildman–Crippen LogP) is 3.51. The maximum atomic E-state index is 12.6. The Morgan fingerprint density at radius 3 is 2.85 bits per heavy atom. The van der Waals surface area contributed by atoms with Crippen molar-refractivity contribution in [2.45, 2.75) is 25.8 Å². The maximum Gasteiger partial charge on any atom is 0.260 e. The second kappa shape index (κ2) is 7.75. The molecule has 2 amide bonds. The fourth-order valence-electron chi connectivity index (χ4n) is 3.08. The van der Waals surface area contributed by atoms with Crippen LogP contribution in [0, 0.1) is 0 Å². The Morgan fingerprint density at radius 1 is 1.22 bits per heavy atom. The topological polar surface area (TPSA) is 75.4 Å². The van der Waals surface area contributed by atoms with Gasteiger partial charge >= 0.3 is 0 Å². The normalized spacial score (nSPS) is 13.3. The molecule has 0 unspecified atom stereocenters. The lowest BCUT2D eigenvalue weighted by molar-refractivity contribution is -0.132. The molecule has 4 rings (SSSR count). The number of benzene rings is 1. The molecule has 0 bridgehead atoms. The SMILES string of the molecule is O=C(Nc1nc2c(s1)CN(C(=O)CCc1ccccc1)CC2)c1ccoc1. The van der Waals surface area contributed by atoms with Gasteiger partial charge in [0.2, 0.25) is 5.91 Å². The van der Waals surface area contributed by atoms with E-state index >= 15 is 0 Å². The van der Waals surface area contributed by atoms with Crippen LogP contribution >= 0.6 is 11.3 Å². The van der Waals surface area contributed by atoms with Gasteiger partial charge in [0.25, 0.3) is 5.91 Å². The number of anilines is 1. The van der Waals surface area contributed by atoms with E-state index in [0.717, 1.165) is 17.0 Å². The van der Waals surface area contributed by atoms with Crippen molar-refractivity contribution in [2.24, 2.45) is 0 Å². The third-order valence-electron chi connectivity index (χ3n) is 4.56. The predicted molar refractivity (Wildman–Crippen MR) is 103 cm³/mol. The zero-order valence-corrected chi connectivity index (χ0v) is 15.5. The van der Waals surface area contributed by atoms with Crippen LogP contribution in [0.15, 0.2) is 53.3 Å². The average Bonchev–Trinajstić information content (AvgIpc) is 3.35. The Balaban J connectivity index is 1.36. The third kappa shape index (κ3) is 4.09. The number of thiazole rings is 1. The lowest BCUT2D eigenvalue weighted by atomic mass is 10.1. The smallest absolute Gasteiger partial charge is 0.260 e. The molecule has 0 saturated carbocycles. The van der Waals surface area contributed by atoms with E-state index < -0.39 is 0 Å². The molecule has 0 spiro atoms. The summed E-state index contributed by atoms with van der Waals surface area (Å²) in [6.45, 7) is 1.22. The zero-order valence-electron chi connectivity index (χ0n) is 14.7. The molecule has 0 saturated heterocycles. The number of hydrogen-bond donors (Lipinski definition) is 1. The quantitative estimate of drug-likeness (QED) is 0.734. The molecule has 2 aromatic heterocycles. The lowest BCUT2D eigenvalue weighted by Gasteiger charge is -2.26. The van der Waals surface area contributed by atoms with Gasteiger partial charge in [0.05, 0.1) is 24.1 Å². The molecule has 27 heavy (non-hydrogen) atoms. The number of nitrogens with zero attached hydrogens (tertiary/aromatic N) is 2. The second-order valence-corrected chi connectivity index (χ2v) is 7.49. The number of aryl methyl sites for hydroxylation is 1. The van der Waals surface area contributed by atoms with E-state index in [-0.39, 0.29) is 11.8 Å². The summed E-state index contributed by atoms with van der Waals surface area (Å²) in [4.78, 5) is 32.1. The minimum absolute atomic E-state index is 0.155. The first-order valence-corrected chi connectivity index (χ1v) is 9.64. The van der Waals surface area contributed by atoms with Crippen LogP contribution in [0.25, 0.3) is 0 Å². The summed E-state index contributed by atoms with van der Waals surface area (Å²) in [5, 5.41) is 3.36. The molecule has 7 heteroatoms. The van der Waals surface area contributed by atoms with Gasteiger partial charge in [0, 0.05) is 24.3 Å². The molecule has 1 aromatic carbocycles. The summed E-state index contributed by atoms with van der Waals surface area (Å²) in [6.07, 6.45) is 4.82. The highest BCUT2D eigenvalue weighted by atomic mass is 32.1. The van der Waals surface area contributed by atoms with E-state index in [9.17, 15) is 9.59 Å². The van der Waals surface area contributed by atoms with Crippen molar-refractivity contribution in [2.75, 3.05) is 11.9 Å². The first-order valence-electron chi connectivity index (χ1n) is 8.83. The van der Waals surface area contributed by atoms with Crippen LogP contribution in [0.4, 0.5) is 5.13 Å². The first kappa shape index (κ1) is 17.5. The van der Waals surface area contributed by atoms with Crippen molar-refractivity contribution in [1.82, 2.24) is 9.88 Å². The van der Waals surface area contributed by atoms with Crippen LogP contribution in [-0.2, 0) is 24.2 Å². The molecule has 0 aliphatic carbocycles. The Morgan fingerprint density at radius 2 is 2.07 bits per heavy atom. The van der Waals surface area contributed by atoms with E-state index in [2.05, 4.69) is 10.3 Å². The van der Waals surface area contributed by atoms with Crippen LogP contribution in [0.5, 0.6) is 0 Å². The van der Waals surface area contributed by atoms with Gasteiger partial charge in [-0.3, -0.25) is 14.9 Å². The van der Waals surface area contributed by atoms with E-state index in [0.29, 0.717) is 36.6 Å². The van der Waals surface area contributed by atoms with Gasteiger partial charge in [-0.25, -0.2) is 4.98 Å². The standard InChI is InChI=1S/C20H19N3O3S/c24-18(7-6-14-4-2-1-3-5-14)23-10-8-16-17(12-23)27-20(21-16)22-19(25)15-9-11-26-13-15/h1-5,9,11,13H,6-8,10,12H2,(H,21,22,25). The summed E-state index contributed by atoms with van der Waals surface area (Å²) in [5.41, 5.74) is 2.60. The van der Waals surface area contributed by atoms with Crippen LogP contribution < -0.4 is 5.32 Å². The highest BCUT2D eigenvalue weighted by molar-refractivity contribution is 7.15. The van der Waals surface area contributed by atoms with Crippen molar-refractivity contribution >= 4 is 28.3 Å². The molecular weight excluding hydrogens is 362 g/mol. The summed E-state index contributed by atoms with van der Waals surface area (Å²) >= 11 is 1.43. The molecule has 6 nitrogen and oxygen atoms in total. The molecule has 3 heterocycles. The van der Waals surface area contributed by atoms with Crippen LogP contribution in [-0.4, -0.2) is 28.2 Å². The fraction of sp³-hybridized carbons (Fsp3) is 0.250. The minimum atomic E-state index is -0.245. The highest BCUT2D eigenvalue weighted by Gasteiger charge is 2.24. The van der Waals surface area contributed by atoms with Gasteiger partial charge < -0.3 is 9.32 Å². The van der Waals surface area contributed by atoms with Crippen molar-refractivity contribution < 1.29 is 14.0 Å². The monoisotopic (exact) mass is 381 g/mol. The Bertz CT molecular complexity index is 935. The van der Waals surface area contributed by atoms with E-state index in [1.807, 2.05) is 35.2 Å². The summed E-state index contributed by atoms with van der Waals surface area (Å²) < 4.78 is 4.93. The molecule has 1 N–H and O–H groups in total. The van der Waals surface area contributed by atoms with Gasteiger partial charge in [0.15, 0.2) is 5.13 Å². The minimum Gasteiger partial charge on any atom is -0.472 e. The van der Waals surface area contributed by atoms with E-state index in [4.69, 9.17) is 4.42 Å². The Hall–Kier alpha value is -2.93. The number of fused-ring (bicyclic) bond motifs is 1. The molecule has 1 aliphatic rings. The van der Waals surface area contributed by atoms with Gasteiger partial charge in [-0.2, -0.15) is 0 Å². The number of carbonyl (C=O) groups is 2. The van der Waals surface area contributed by atoms with E-state index in [1.54, 1.807) is 6.07 Å². The molecule has 0 atom stereocenters. The van der Waals surface area contributed by atoms with Gasteiger partial charge in [-0.1, -0.05) is 41.7 Å². The second-order valence-electron chi connectivity index (χ2n) is 6.41. The van der Waals surface area contributed by atoms with Crippen molar-refractivity contribution in [3.63, 3.8) is 0 Å². The number of aromatic nitrogens is 1. The molecule has 138 valence electrons. The number of furan rings is 1. The highest BCUT2D eigenvalue weighted by Crippen LogP contribution is 2.29. The van der Waals surface area contributed by atoms with Crippen LogP contribution in [0.3, 0.4) is 0 Å². The largest absolute Gasteiger partial charge is 0.472 e. The summed E-state index contributed by atoms with van der Waals surface area (Å²) in [5.74, 6) is -0.0903. The molecule has 0 radical (unpaired) electrons. The Labute approximate surface area is 160 Å². The van der Waals surface area contributed by atoms with Crippen molar-refractivity contribution in [3.05, 3.63) is 70.6 Å². The van der Waals surface area contributed by atoms with E-state index in [1.165, 1.54) is 29.4 Å². The number of nitrogens with one attached hydrogen (secondary N) is 1. The molecule has 0 fully saturated rings. The third-order valence-corrected chi connectivity index (χ3v) is 5.56. The molecular formula is C20H19N3O3S. The zero-order chi connectivity index (χ0) is 18.6. The van der Waals surface area contributed by atoms with Crippen molar-refractivity contribution in [3.8, 4) is 0 Å². The van der Waals surface area contributed by atoms with Crippen molar-refractivity contribution in [1.29, 1.82) is 0 Å². The maximum absolute atomic E-state index is 12.6.